The highest BCUT2D eigenvalue weighted by molar-refractivity contribution is 5.67. The van der Waals surface area contributed by atoms with E-state index in [0.717, 1.165) is 37.6 Å². The van der Waals surface area contributed by atoms with E-state index >= 15 is 0 Å². The van der Waals surface area contributed by atoms with Gasteiger partial charge in [-0.05, 0) is 36.6 Å². The molecular weight excluding hydrogens is 492 g/mol. The number of carbonyl (C=O) groups excluding carboxylic acids is 1. The van der Waals surface area contributed by atoms with Crippen molar-refractivity contribution in [2.24, 2.45) is 0 Å². The normalized spacial score (nSPS) is 19.1. The Morgan fingerprint density at radius 1 is 1.06 bits per heavy atom. The Hall–Kier alpha value is -2.96. The van der Waals surface area contributed by atoms with Gasteiger partial charge in [0.15, 0.2) is 5.82 Å². The molecule has 1 saturated heterocycles. The number of ether oxygens (including phenoxy) is 1. The number of aromatic nitrogens is 2. The lowest BCUT2D eigenvalue weighted by Gasteiger charge is -2.33. The molecule has 36 heavy (non-hydrogen) atoms. The molecule has 13 heteroatoms. The van der Waals surface area contributed by atoms with Crippen LogP contribution in [0.5, 0.6) is 0 Å². The Morgan fingerprint density at radius 3 is 2.39 bits per heavy atom. The molecule has 0 radical (unpaired) electrons. The van der Waals surface area contributed by atoms with Crippen LogP contribution >= 0.6 is 0 Å². The fraction of sp³-hybridized carbons (Fsp3) is 0.565. The zero-order chi connectivity index (χ0) is 26.1. The predicted molar refractivity (Wildman–Crippen MR) is 118 cm³/mol. The summed E-state index contributed by atoms with van der Waals surface area (Å²) in [5.74, 6) is 0.809. The summed E-state index contributed by atoms with van der Waals surface area (Å²) in [6, 6.07) is 3.43. The maximum atomic E-state index is 13.1. The maximum absolute atomic E-state index is 13.1. The van der Waals surface area contributed by atoms with Gasteiger partial charge in [-0.25, -0.2) is 4.79 Å². The van der Waals surface area contributed by atoms with Crippen molar-refractivity contribution >= 4 is 11.9 Å². The van der Waals surface area contributed by atoms with Crippen molar-refractivity contribution in [3.05, 3.63) is 46.6 Å². The second kappa shape index (κ2) is 10.2. The summed E-state index contributed by atoms with van der Waals surface area (Å²) in [6.07, 6.45) is -9.19. The van der Waals surface area contributed by atoms with E-state index in [1.165, 1.54) is 4.90 Å². The van der Waals surface area contributed by atoms with Gasteiger partial charge in [0.25, 0.3) is 0 Å². The molecule has 1 fully saturated rings. The largest absolute Gasteiger partial charge is 0.445 e. The first kappa shape index (κ1) is 26.1. The molecule has 1 aromatic heterocycles. The van der Waals surface area contributed by atoms with E-state index in [0.29, 0.717) is 37.7 Å². The van der Waals surface area contributed by atoms with E-state index in [-0.39, 0.29) is 12.6 Å². The molecule has 1 amide bonds. The van der Waals surface area contributed by atoms with Crippen LogP contribution in [-0.2, 0) is 36.8 Å². The third-order valence-corrected chi connectivity index (χ3v) is 6.34. The number of hydrogen-bond acceptors (Lipinski definition) is 5. The first-order chi connectivity index (χ1) is 16.9. The highest BCUT2D eigenvalue weighted by atomic mass is 19.4. The predicted octanol–water partition coefficient (Wildman–Crippen LogP) is 4.65. The number of amides is 1. The van der Waals surface area contributed by atoms with Gasteiger partial charge in [-0.3, -0.25) is 4.68 Å². The Labute approximate surface area is 204 Å². The minimum Gasteiger partial charge on any atom is -0.445 e. The summed E-state index contributed by atoms with van der Waals surface area (Å²) in [4.78, 5) is 16.3. The summed E-state index contributed by atoms with van der Waals surface area (Å²) in [6.45, 7) is 4.91. The molecule has 1 atom stereocenters. The number of halogens is 6. The minimum atomic E-state index is -4.97. The van der Waals surface area contributed by atoms with E-state index in [4.69, 9.17) is 4.74 Å². The number of piperazine rings is 1. The number of carbonyl (C=O) groups is 1. The molecule has 1 N–H and O–H groups in total. The van der Waals surface area contributed by atoms with Crippen LogP contribution in [0.15, 0.2) is 24.3 Å². The summed E-state index contributed by atoms with van der Waals surface area (Å²) >= 11 is 0. The molecule has 4 rings (SSSR count). The van der Waals surface area contributed by atoms with Gasteiger partial charge in [0.05, 0.1) is 23.4 Å². The molecule has 1 unspecified atom stereocenters. The van der Waals surface area contributed by atoms with Crippen molar-refractivity contribution < 1.29 is 35.9 Å². The summed E-state index contributed by atoms with van der Waals surface area (Å²) in [5.41, 5.74) is -2.51. The van der Waals surface area contributed by atoms with Crippen LogP contribution in [0, 0.1) is 0 Å². The van der Waals surface area contributed by atoms with E-state index in [1.54, 1.807) is 0 Å². The number of aryl methyl sites for hydroxylation is 1. The van der Waals surface area contributed by atoms with E-state index in [1.807, 2.05) is 10.7 Å². The molecule has 0 aliphatic carbocycles. The Morgan fingerprint density at radius 2 is 1.75 bits per heavy atom. The number of alkyl halides is 6. The van der Waals surface area contributed by atoms with Crippen molar-refractivity contribution in [2.75, 3.05) is 31.1 Å². The quantitative estimate of drug-likeness (QED) is 0.596. The SMILES string of the molecule is CCC1CN(c2cc3n(n2)CCCN(C(=O)OCc2cc(C(F)(F)F)cc(C(F)(F)F)c2)C3)CCN1. The molecule has 0 saturated carbocycles. The zero-order valence-corrected chi connectivity index (χ0v) is 19.6. The van der Waals surface area contributed by atoms with Crippen LogP contribution in [0.1, 0.15) is 42.1 Å². The average Bonchev–Trinajstić information content (AvgIpc) is 3.12. The molecular formula is C23H27F6N5O2. The van der Waals surface area contributed by atoms with Gasteiger partial charge >= 0.3 is 18.4 Å². The van der Waals surface area contributed by atoms with Crippen LogP contribution in [0.3, 0.4) is 0 Å². The minimum absolute atomic E-state index is 0.0416. The van der Waals surface area contributed by atoms with Crippen LogP contribution in [-0.4, -0.2) is 53.0 Å². The highest BCUT2D eigenvalue weighted by Crippen LogP contribution is 2.36. The van der Waals surface area contributed by atoms with Gasteiger partial charge in [0.1, 0.15) is 6.61 Å². The van der Waals surface area contributed by atoms with Crippen molar-refractivity contribution in [3.8, 4) is 0 Å². The topological polar surface area (TPSA) is 62.6 Å². The van der Waals surface area contributed by atoms with Gasteiger partial charge in [0, 0.05) is 44.8 Å². The lowest BCUT2D eigenvalue weighted by molar-refractivity contribution is -0.143. The molecule has 198 valence electrons. The number of anilines is 1. The fourth-order valence-corrected chi connectivity index (χ4v) is 4.40. The molecule has 2 aliphatic heterocycles. The Kier molecular flexibility index (Phi) is 7.39. The number of hydrogen-bond donors (Lipinski definition) is 1. The lowest BCUT2D eigenvalue weighted by atomic mass is 10.1. The monoisotopic (exact) mass is 519 g/mol. The molecule has 0 spiro atoms. The first-order valence-electron chi connectivity index (χ1n) is 11.7. The van der Waals surface area contributed by atoms with E-state index < -0.39 is 41.7 Å². The second-order valence-corrected chi connectivity index (χ2v) is 8.97. The highest BCUT2D eigenvalue weighted by Gasteiger charge is 2.37. The number of fused-ring (bicyclic) bond motifs is 1. The fourth-order valence-electron chi connectivity index (χ4n) is 4.40. The summed E-state index contributed by atoms with van der Waals surface area (Å²) < 4.78 is 85.5. The van der Waals surface area contributed by atoms with Crippen LogP contribution < -0.4 is 10.2 Å². The number of nitrogens with one attached hydrogen (secondary N) is 1. The lowest BCUT2D eigenvalue weighted by Crippen LogP contribution is -2.50. The molecule has 7 nitrogen and oxygen atoms in total. The third kappa shape index (κ3) is 6.05. The number of rotatable bonds is 4. The van der Waals surface area contributed by atoms with Gasteiger partial charge in [0.2, 0.25) is 0 Å². The third-order valence-electron chi connectivity index (χ3n) is 6.34. The van der Waals surface area contributed by atoms with Crippen molar-refractivity contribution in [3.63, 3.8) is 0 Å². The Bertz CT molecular complexity index is 1050. The standard InChI is InChI=1S/C23H27F6N5O2/c1-2-18-12-32(7-4-30-18)20-11-19-13-33(5-3-6-34(19)31-20)21(35)36-14-15-8-16(22(24,25)26)10-17(9-15)23(27,28)29/h8-11,18,30H,2-7,12-14H2,1H3. The summed E-state index contributed by atoms with van der Waals surface area (Å²) in [5, 5.41) is 8.12. The zero-order valence-electron chi connectivity index (χ0n) is 19.6. The van der Waals surface area contributed by atoms with Crippen LogP contribution in [0.2, 0.25) is 0 Å². The van der Waals surface area contributed by atoms with Crippen molar-refractivity contribution in [2.45, 2.75) is 57.9 Å². The molecule has 2 aliphatic rings. The van der Waals surface area contributed by atoms with Crippen molar-refractivity contribution in [1.29, 1.82) is 0 Å². The Balaban J connectivity index is 1.44. The smallest absolute Gasteiger partial charge is 0.416 e. The summed E-state index contributed by atoms with van der Waals surface area (Å²) in [7, 11) is 0. The van der Waals surface area contributed by atoms with Gasteiger partial charge in [-0.2, -0.15) is 31.4 Å². The maximum Gasteiger partial charge on any atom is 0.416 e. The molecule has 3 heterocycles. The molecule has 2 aromatic rings. The van der Waals surface area contributed by atoms with Crippen molar-refractivity contribution in [1.82, 2.24) is 20.0 Å². The van der Waals surface area contributed by atoms with Gasteiger partial charge < -0.3 is 19.9 Å². The van der Waals surface area contributed by atoms with Gasteiger partial charge in [-0.1, -0.05) is 6.92 Å². The van der Waals surface area contributed by atoms with E-state index in [2.05, 4.69) is 22.2 Å². The number of benzene rings is 1. The van der Waals surface area contributed by atoms with E-state index in [9.17, 15) is 31.1 Å². The van der Waals surface area contributed by atoms with Gasteiger partial charge in [-0.15, -0.1) is 0 Å². The van der Waals surface area contributed by atoms with Crippen LogP contribution in [0.4, 0.5) is 37.0 Å². The molecule has 1 aromatic carbocycles. The molecule has 0 bridgehead atoms. The number of nitrogens with zero attached hydrogens (tertiary/aromatic N) is 4. The van der Waals surface area contributed by atoms with Crippen LogP contribution in [0.25, 0.3) is 0 Å². The average molecular weight is 519 g/mol. The second-order valence-electron chi connectivity index (χ2n) is 8.97. The first-order valence-corrected chi connectivity index (χ1v) is 11.7.